The molecule has 61 heavy (non-hydrogen) atoms. The molecular formula is C49H86NO10P. The Bertz CT molecular complexity index is 1490. The molecule has 0 amide bonds. The van der Waals surface area contributed by atoms with Crippen LogP contribution in [-0.4, -0.2) is 56.3 Å². The summed E-state index contributed by atoms with van der Waals surface area (Å²) < 4.78 is 45.6. The normalized spacial score (nSPS) is 13.1. The van der Waals surface area contributed by atoms with Crippen LogP contribution in [0.2, 0.25) is 0 Å². The van der Waals surface area contributed by atoms with E-state index < -0.39 is 26.5 Å². The van der Waals surface area contributed by atoms with Crippen molar-refractivity contribution in [3.63, 3.8) is 0 Å². The lowest BCUT2D eigenvalue weighted by Crippen LogP contribution is -2.29. The molecule has 2 aromatic heterocycles. The van der Waals surface area contributed by atoms with E-state index >= 15 is 0 Å². The summed E-state index contributed by atoms with van der Waals surface area (Å²) in [6.45, 7) is 10.6. The fraction of sp³-hybridized carbons (Fsp3) is 0.796. The Morgan fingerprint density at radius 1 is 0.623 bits per heavy atom. The minimum absolute atomic E-state index is 0.0269. The van der Waals surface area contributed by atoms with E-state index in [1.807, 2.05) is 0 Å². The molecule has 2 N–H and O–H groups in total. The standard InChI is InChI=1S/C49H86NO10P/c1-7-9-24-30-43-37-40(3)45(58-43)31-25-20-16-12-10-11-13-18-22-27-33-48(51)55-38-44(39-57-61(53,54)56-36-35-50-6)59-49(52)34-28-23-19-15-14-17-21-26-32-47-42(5)41(4)46(60-47)29-8-2/h37,44,50H,7-36,38-39H2,1-6H3,(H,53,54)/t44-/m1/s1. The number of phosphoric acid groups is 1. The molecule has 0 radical (unpaired) electrons. The van der Waals surface area contributed by atoms with Crippen LogP contribution in [0, 0.1) is 20.8 Å². The molecule has 0 aliphatic rings. The van der Waals surface area contributed by atoms with Crippen molar-refractivity contribution in [3.05, 3.63) is 45.8 Å². The number of aryl methyl sites for hydroxylation is 5. The first-order valence-corrected chi connectivity index (χ1v) is 25.8. The van der Waals surface area contributed by atoms with Crippen molar-refractivity contribution in [1.29, 1.82) is 0 Å². The van der Waals surface area contributed by atoms with Gasteiger partial charge in [0.15, 0.2) is 6.10 Å². The lowest BCUT2D eigenvalue weighted by molar-refractivity contribution is -0.161. The van der Waals surface area contributed by atoms with Crippen LogP contribution in [0.4, 0.5) is 0 Å². The largest absolute Gasteiger partial charge is 0.472 e. The van der Waals surface area contributed by atoms with Crippen LogP contribution < -0.4 is 5.32 Å². The number of phosphoric ester groups is 1. The summed E-state index contributed by atoms with van der Waals surface area (Å²) in [5.41, 5.74) is 3.93. The molecule has 12 heteroatoms. The number of nitrogens with one attached hydrogen (secondary N) is 1. The SMILES string of the molecule is CCCCCc1cc(C)c(CCCCCCCCCCCCC(=O)OC[C@H](COP(=O)(O)OCCNC)OC(=O)CCCCCCCCCCc2oc(CCC)c(C)c2C)o1. The van der Waals surface area contributed by atoms with Gasteiger partial charge in [-0.25, -0.2) is 4.57 Å². The lowest BCUT2D eigenvalue weighted by atomic mass is 10.0. The summed E-state index contributed by atoms with van der Waals surface area (Å²) in [6.07, 6.45) is 28.0. The summed E-state index contributed by atoms with van der Waals surface area (Å²) in [5.74, 6) is 3.77. The Balaban J connectivity index is 1.56. The molecule has 0 aliphatic heterocycles. The zero-order valence-corrected chi connectivity index (χ0v) is 40.2. The van der Waals surface area contributed by atoms with Gasteiger partial charge in [0.25, 0.3) is 0 Å². The monoisotopic (exact) mass is 880 g/mol. The van der Waals surface area contributed by atoms with Gasteiger partial charge in [0, 0.05) is 45.1 Å². The molecule has 2 rings (SSSR count). The van der Waals surface area contributed by atoms with Crippen LogP contribution in [0.5, 0.6) is 0 Å². The average Bonchev–Trinajstić information content (AvgIpc) is 3.72. The number of hydrogen-bond acceptors (Lipinski definition) is 10. The Hall–Kier alpha value is -2.43. The maximum atomic E-state index is 12.7. The highest BCUT2D eigenvalue weighted by Gasteiger charge is 2.26. The second-order valence-electron chi connectivity index (χ2n) is 17.1. The summed E-state index contributed by atoms with van der Waals surface area (Å²) in [5, 5.41) is 2.83. The average molecular weight is 880 g/mol. The van der Waals surface area contributed by atoms with Gasteiger partial charge in [-0.05, 0) is 89.1 Å². The molecule has 2 atom stereocenters. The van der Waals surface area contributed by atoms with E-state index in [4.69, 9.17) is 27.4 Å². The number of ether oxygens (including phenoxy) is 2. The van der Waals surface area contributed by atoms with Gasteiger partial charge in [0.2, 0.25) is 0 Å². The Kier molecular flexibility index (Phi) is 30.5. The Morgan fingerprint density at radius 2 is 1.13 bits per heavy atom. The number of hydrogen-bond donors (Lipinski definition) is 2. The fourth-order valence-corrected chi connectivity index (χ4v) is 8.37. The molecule has 1 unspecified atom stereocenters. The van der Waals surface area contributed by atoms with Crippen LogP contribution in [0.3, 0.4) is 0 Å². The van der Waals surface area contributed by atoms with E-state index in [-0.39, 0.29) is 32.0 Å². The summed E-state index contributed by atoms with van der Waals surface area (Å²) in [4.78, 5) is 35.3. The number of esters is 2. The van der Waals surface area contributed by atoms with E-state index in [0.717, 1.165) is 101 Å². The fourth-order valence-electron chi connectivity index (χ4n) is 7.62. The minimum atomic E-state index is -4.37. The van der Waals surface area contributed by atoms with Crippen molar-refractivity contribution in [1.82, 2.24) is 5.32 Å². The smallest absolute Gasteiger partial charge is 0.466 e. The van der Waals surface area contributed by atoms with Crippen LogP contribution in [0.1, 0.15) is 208 Å². The second kappa shape index (κ2) is 34.0. The van der Waals surface area contributed by atoms with Gasteiger partial charge in [-0.1, -0.05) is 117 Å². The molecule has 0 fully saturated rings. The molecule has 0 aliphatic carbocycles. The molecule has 0 spiro atoms. The van der Waals surface area contributed by atoms with Crippen molar-refractivity contribution in [2.45, 2.75) is 221 Å². The van der Waals surface area contributed by atoms with Gasteiger partial charge >= 0.3 is 19.8 Å². The van der Waals surface area contributed by atoms with E-state index in [0.29, 0.717) is 13.0 Å². The molecule has 2 heterocycles. The maximum Gasteiger partial charge on any atom is 0.472 e. The van der Waals surface area contributed by atoms with Gasteiger partial charge in [0.1, 0.15) is 29.6 Å². The number of carbonyl (C=O) groups excluding carboxylic acids is 2. The number of likely N-dealkylation sites (N-methyl/N-ethyl adjacent to an activating group) is 1. The number of carbonyl (C=O) groups is 2. The molecule has 0 saturated carbocycles. The van der Waals surface area contributed by atoms with E-state index in [2.05, 4.69) is 46.0 Å². The van der Waals surface area contributed by atoms with Crippen molar-refractivity contribution >= 4 is 19.8 Å². The summed E-state index contributed by atoms with van der Waals surface area (Å²) in [6, 6.07) is 2.23. The molecule has 0 aromatic carbocycles. The van der Waals surface area contributed by atoms with Crippen LogP contribution in [0.25, 0.3) is 0 Å². The van der Waals surface area contributed by atoms with E-state index in [1.165, 1.54) is 99.5 Å². The van der Waals surface area contributed by atoms with Gasteiger partial charge < -0.3 is 28.5 Å². The van der Waals surface area contributed by atoms with Crippen LogP contribution >= 0.6 is 7.82 Å². The first-order valence-electron chi connectivity index (χ1n) is 24.3. The second-order valence-corrected chi connectivity index (χ2v) is 18.5. The van der Waals surface area contributed by atoms with Crippen molar-refractivity contribution in [3.8, 4) is 0 Å². The summed E-state index contributed by atoms with van der Waals surface area (Å²) >= 11 is 0. The minimum Gasteiger partial charge on any atom is -0.466 e. The Labute approximate surface area is 370 Å². The molecule has 352 valence electrons. The first kappa shape index (κ1) is 54.7. The quantitative estimate of drug-likeness (QED) is 0.0374. The highest BCUT2D eigenvalue weighted by Crippen LogP contribution is 2.43. The van der Waals surface area contributed by atoms with Crippen LogP contribution in [-0.2, 0) is 58.4 Å². The molecule has 0 saturated heterocycles. The predicted molar refractivity (Wildman–Crippen MR) is 245 cm³/mol. The van der Waals surface area contributed by atoms with Crippen molar-refractivity contribution in [2.24, 2.45) is 0 Å². The Morgan fingerprint density at radius 3 is 1.69 bits per heavy atom. The van der Waals surface area contributed by atoms with Crippen LogP contribution in [0.15, 0.2) is 14.9 Å². The third-order valence-corrected chi connectivity index (χ3v) is 12.5. The first-order chi connectivity index (χ1) is 29.5. The third kappa shape index (κ3) is 26.1. The zero-order valence-electron chi connectivity index (χ0n) is 39.4. The van der Waals surface area contributed by atoms with Gasteiger partial charge in [-0.2, -0.15) is 0 Å². The highest BCUT2D eigenvalue weighted by atomic mass is 31.2. The number of rotatable bonds is 40. The third-order valence-electron chi connectivity index (χ3n) is 11.5. The lowest BCUT2D eigenvalue weighted by Gasteiger charge is -2.20. The van der Waals surface area contributed by atoms with Gasteiger partial charge in [0.05, 0.1) is 13.2 Å². The predicted octanol–water partition coefficient (Wildman–Crippen LogP) is 12.9. The van der Waals surface area contributed by atoms with Gasteiger partial charge in [-0.3, -0.25) is 18.6 Å². The van der Waals surface area contributed by atoms with Crippen molar-refractivity contribution in [2.75, 3.05) is 33.4 Å². The topological polar surface area (TPSA) is 147 Å². The molecule has 2 aromatic rings. The van der Waals surface area contributed by atoms with E-state index in [9.17, 15) is 19.0 Å². The molecule has 11 nitrogen and oxygen atoms in total. The van der Waals surface area contributed by atoms with Gasteiger partial charge in [-0.15, -0.1) is 0 Å². The highest BCUT2D eigenvalue weighted by molar-refractivity contribution is 7.47. The number of unbranched alkanes of at least 4 members (excludes halogenated alkanes) is 18. The number of furan rings is 2. The molecule has 0 bridgehead atoms. The van der Waals surface area contributed by atoms with Crippen molar-refractivity contribution < 1.29 is 46.4 Å². The zero-order chi connectivity index (χ0) is 44.6. The van der Waals surface area contributed by atoms with E-state index in [1.54, 1.807) is 7.05 Å². The molecular weight excluding hydrogens is 794 g/mol. The summed E-state index contributed by atoms with van der Waals surface area (Å²) in [7, 11) is -2.67. The maximum absolute atomic E-state index is 12.7.